The molecule has 156 valence electrons. The predicted molar refractivity (Wildman–Crippen MR) is 126 cm³/mol. The Bertz CT molecular complexity index is 1400. The molecule has 0 aliphatic rings. The van der Waals surface area contributed by atoms with Gasteiger partial charge in [-0.15, -0.1) is 0 Å². The molecule has 2 aromatic heterocycles. The van der Waals surface area contributed by atoms with E-state index >= 15 is 0 Å². The number of carbonyl (C=O) groups is 2. The van der Waals surface area contributed by atoms with Gasteiger partial charge in [-0.3, -0.25) is 9.59 Å². The van der Waals surface area contributed by atoms with E-state index in [0.29, 0.717) is 11.3 Å². The molecule has 0 saturated heterocycles. The fraction of sp³-hybridized carbons (Fsp3) is 0.0385. The summed E-state index contributed by atoms with van der Waals surface area (Å²) in [6.07, 6.45) is 3.91. The minimum atomic E-state index is -0.292. The van der Waals surface area contributed by atoms with Gasteiger partial charge < -0.3 is 15.0 Å². The van der Waals surface area contributed by atoms with Gasteiger partial charge >= 0.3 is 0 Å². The number of carbonyl (C=O) groups excluding carboxylic acids is 2. The summed E-state index contributed by atoms with van der Waals surface area (Å²) >= 11 is 0. The first-order valence-electron chi connectivity index (χ1n) is 10.3. The molecule has 0 aliphatic heterocycles. The molecule has 2 heterocycles. The number of amides is 2. The van der Waals surface area contributed by atoms with Crippen LogP contribution >= 0.6 is 0 Å². The van der Waals surface area contributed by atoms with Crippen LogP contribution in [0.15, 0.2) is 97.3 Å². The lowest BCUT2D eigenvalue weighted by Gasteiger charge is -2.08. The van der Waals surface area contributed by atoms with E-state index in [0.717, 1.165) is 27.7 Å². The van der Waals surface area contributed by atoms with Crippen molar-refractivity contribution in [3.8, 4) is 11.3 Å². The third-order valence-electron chi connectivity index (χ3n) is 5.25. The molecule has 5 aromatic rings. The van der Waals surface area contributed by atoms with Crippen LogP contribution in [0.2, 0.25) is 0 Å². The van der Waals surface area contributed by atoms with Gasteiger partial charge in [0.15, 0.2) is 0 Å². The van der Waals surface area contributed by atoms with Gasteiger partial charge in [-0.2, -0.15) is 0 Å². The number of nitrogens with zero attached hydrogens (tertiary/aromatic N) is 2. The summed E-state index contributed by atoms with van der Waals surface area (Å²) in [4.78, 5) is 29.3. The molecular weight excluding hydrogens is 400 g/mol. The zero-order valence-electron chi connectivity index (χ0n) is 17.2. The van der Waals surface area contributed by atoms with Crippen LogP contribution in [-0.4, -0.2) is 27.7 Å². The SMILES string of the molecule is O=C(CNC(=O)c1ccc2ccccc2c1)Nc1ccc(-c2cn3ccccc3n2)cc1. The number of nitrogens with one attached hydrogen (secondary N) is 2. The Labute approximate surface area is 184 Å². The molecule has 6 nitrogen and oxygen atoms in total. The van der Waals surface area contributed by atoms with E-state index in [1.165, 1.54) is 0 Å². The monoisotopic (exact) mass is 420 g/mol. The summed E-state index contributed by atoms with van der Waals surface area (Å²) in [6, 6.07) is 26.6. The van der Waals surface area contributed by atoms with Crippen molar-refractivity contribution in [2.45, 2.75) is 0 Å². The van der Waals surface area contributed by atoms with Gasteiger partial charge in [0, 0.05) is 29.2 Å². The average molecular weight is 420 g/mol. The van der Waals surface area contributed by atoms with Gasteiger partial charge in [-0.1, -0.05) is 48.5 Å². The summed E-state index contributed by atoms with van der Waals surface area (Å²) in [5, 5.41) is 7.52. The lowest BCUT2D eigenvalue weighted by molar-refractivity contribution is -0.115. The molecule has 0 radical (unpaired) electrons. The van der Waals surface area contributed by atoms with Gasteiger partial charge in [0.05, 0.1) is 12.2 Å². The highest BCUT2D eigenvalue weighted by molar-refractivity contribution is 6.01. The minimum Gasteiger partial charge on any atom is -0.343 e. The Hall–Kier alpha value is -4.45. The highest BCUT2D eigenvalue weighted by Gasteiger charge is 2.10. The van der Waals surface area contributed by atoms with Crippen LogP contribution in [0.3, 0.4) is 0 Å². The Morgan fingerprint density at radius 1 is 0.844 bits per heavy atom. The number of hydrogen-bond donors (Lipinski definition) is 2. The Balaban J connectivity index is 1.19. The van der Waals surface area contributed by atoms with Gasteiger partial charge in [0.1, 0.15) is 5.65 Å². The number of fused-ring (bicyclic) bond motifs is 2. The maximum Gasteiger partial charge on any atom is 0.251 e. The first kappa shape index (κ1) is 19.5. The smallest absolute Gasteiger partial charge is 0.251 e. The molecule has 0 unspecified atom stereocenters. The standard InChI is InChI=1S/C26H20N4O2/c31-25(16-27-26(32)21-9-8-18-5-1-2-6-20(18)15-21)28-22-12-10-19(11-13-22)23-17-30-14-4-3-7-24(30)29-23/h1-15,17H,16H2,(H,27,32)(H,28,31). The van der Waals surface area contributed by atoms with E-state index in [4.69, 9.17) is 0 Å². The second-order valence-electron chi connectivity index (χ2n) is 7.46. The lowest BCUT2D eigenvalue weighted by atomic mass is 10.1. The summed E-state index contributed by atoms with van der Waals surface area (Å²) in [5.74, 6) is -0.576. The van der Waals surface area contributed by atoms with Crippen LogP contribution in [0.1, 0.15) is 10.4 Å². The molecule has 32 heavy (non-hydrogen) atoms. The van der Waals surface area contributed by atoms with Gasteiger partial charge in [-0.25, -0.2) is 4.98 Å². The number of anilines is 1. The molecule has 0 atom stereocenters. The molecule has 0 bridgehead atoms. The predicted octanol–water partition coefficient (Wildman–Crippen LogP) is 4.52. The van der Waals surface area contributed by atoms with E-state index < -0.39 is 0 Å². The van der Waals surface area contributed by atoms with E-state index in [9.17, 15) is 9.59 Å². The van der Waals surface area contributed by atoms with Crippen LogP contribution in [0, 0.1) is 0 Å². The van der Waals surface area contributed by atoms with E-state index in [1.54, 1.807) is 6.07 Å². The normalized spacial score (nSPS) is 10.9. The van der Waals surface area contributed by atoms with Crippen LogP contribution in [0.25, 0.3) is 27.7 Å². The Morgan fingerprint density at radius 2 is 1.62 bits per heavy atom. The number of pyridine rings is 1. The van der Waals surface area contributed by atoms with Crippen molar-refractivity contribution in [1.29, 1.82) is 0 Å². The van der Waals surface area contributed by atoms with Gasteiger partial charge in [0.25, 0.3) is 5.91 Å². The molecule has 5 rings (SSSR count). The van der Waals surface area contributed by atoms with Crippen molar-refractivity contribution in [1.82, 2.24) is 14.7 Å². The molecule has 0 fully saturated rings. The molecule has 2 amide bonds. The summed E-state index contributed by atoms with van der Waals surface area (Å²) in [7, 11) is 0. The van der Waals surface area contributed by atoms with Gasteiger partial charge in [0.2, 0.25) is 5.91 Å². The highest BCUT2D eigenvalue weighted by atomic mass is 16.2. The Kier molecular flexibility index (Phi) is 5.09. The second kappa shape index (κ2) is 8.35. The minimum absolute atomic E-state index is 0.111. The molecule has 0 spiro atoms. The van der Waals surface area contributed by atoms with E-state index in [-0.39, 0.29) is 18.4 Å². The largest absolute Gasteiger partial charge is 0.343 e. The number of benzene rings is 3. The topological polar surface area (TPSA) is 75.5 Å². The number of hydrogen-bond acceptors (Lipinski definition) is 3. The average Bonchev–Trinajstić information content (AvgIpc) is 3.27. The summed E-state index contributed by atoms with van der Waals surface area (Å²) in [5.41, 5.74) is 3.87. The molecule has 0 aliphatic carbocycles. The van der Waals surface area contributed by atoms with Crippen molar-refractivity contribution in [3.05, 3.63) is 103 Å². The molecule has 3 aromatic carbocycles. The first-order valence-corrected chi connectivity index (χ1v) is 10.3. The van der Waals surface area contributed by atoms with Crippen LogP contribution in [-0.2, 0) is 4.79 Å². The third-order valence-corrected chi connectivity index (χ3v) is 5.25. The zero-order chi connectivity index (χ0) is 21.9. The van der Waals surface area contributed by atoms with Crippen LogP contribution in [0.4, 0.5) is 5.69 Å². The van der Waals surface area contributed by atoms with Crippen molar-refractivity contribution >= 4 is 33.9 Å². The van der Waals surface area contributed by atoms with E-state index in [1.807, 2.05) is 95.7 Å². The van der Waals surface area contributed by atoms with Crippen LogP contribution < -0.4 is 10.6 Å². The zero-order valence-corrected chi connectivity index (χ0v) is 17.2. The second-order valence-corrected chi connectivity index (χ2v) is 7.46. The molecule has 6 heteroatoms. The molecule has 2 N–H and O–H groups in total. The lowest BCUT2D eigenvalue weighted by Crippen LogP contribution is -2.32. The number of imidazole rings is 1. The van der Waals surface area contributed by atoms with Crippen molar-refractivity contribution in [2.75, 3.05) is 11.9 Å². The first-order chi connectivity index (χ1) is 15.7. The Morgan fingerprint density at radius 3 is 2.44 bits per heavy atom. The third kappa shape index (κ3) is 4.06. The fourth-order valence-corrected chi connectivity index (χ4v) is 3.60. The number of rotatable bonds is 5. The maximum atomic E-state index is 12.4. The molecular formula is C26H20N4O2. The summed E-state index contributed by atoms with van der Waals surface area (Å²) in [6.45, 7) is -0.111. The van der Waals surface area contributed by atoms with Crippen molar-refractivity contribution < 1.29 is 9.59 Å². The summed E-state index contributed by atoms with van der Waals surface area (Å²) < 4.78 is 1.96. The van der Waals surface area contributed by atoms with Crippen molar-refractivity contribution in [3.63, 3.8) is 0 Å². The van der Waals surface area contributed by atoms with Crippen molar-refractivity contribution in [2.24, 2.45) is 0 Å². The number of aromatic nitrogens is 2. The molecule has 0 saturated carbocycles. The quantitative estimate of drug-likeness (QED) is 0.439. The van der Waals surface area contributed by atoms with Gasteiger partial charge in [-0.05, 0) is 47.2 Å². The van der Waals surface area contributed by atoms with E-state index in [2.05, 4.69) is 15.6 Å². The fourth-order valence-electron chi connectivity index (χ4n) is 3.60. The highest BCUT2D eigenvalue weighted by Crippen LogP contribution is 2.21. The maximum absolute atomic E-state index is 12.4. The van der Waals surface area contributed by atoms with Crippen LogP contribution in [0.5, 0.6) is 0 Å².